The van der Waals surface area contributed by atoms with Gasteiger partial charge in [-0.3, -0.25) is 10.1 Å². The first-order chi connectivity index (χ1) is 11.9. The van der Waals surface area contributed by atoms with Crippen LogP contribution in [0.5, 0.6) is 0 Å². The Balaban J connectivity index is 1.75. The van der Waals surface area contributed by atoms with Gasteiger partial charge in [-0.05, 0) is 46.1 Å². The van der Waals surface area contributed by atoms with Crippen LogP contribution in [0.2, 0.25) is 0 Å². The molecule has 2 heterocycles. The lowest BCUT2D eigenvalue weighted by Crippen LogP contribution is -2.14. The number of anilines is 1. The van der Waals surface area contributed by atoms with Crippen molar-refractivity contribution in [3.05, 3.63) is 40.2 Å². The number of nitrogens with zero attached hydrogens (tertiary/aromatic N) is 5. The lowest BCUT2D eigenvalue weighted by molar-refractivity contribution is 0.102. The number of hydrogen-bond acceptors (Lipinski definition) is 7. The van der Waals surface area contributed by atoms with E-state index >= 15 is 0 Å². The quantitative estimate of drug-likeness (QED) is 0.756. The number of nitrogens with one attached hydrogen (secondary N) is 1. The largest absolute Gasteiger partial charge is 0.309 e. The molecule has 1 aromatic carbocycles. The summed E-state index contributed by atoms with van der Waals surface area (Å²) in [6.45, 7) is 4.72. The lowest BCUT2D eigenvalue weighted by atomic mass is 10.1. The first-order valence-corrected chi connectivity index (χ1v) is 8.77. The summed E-state index contributed by atoms with van der Waals surface area (Å²) in [5, 5.41) is 12.4. The van der Waals surface area contributed by atoms with Crippen LogP contribution in [-0.2, 0) is 6.42 Å². The van der Waals surface area contributed by atoms with Crippen molar-refractivity contribution in [3.63, 3.8) is 0 Å². The molecule has 0 unspecified atom stereocenters. The van der Waals surface area contributed by atoms with Gasteiger partial charge in [0.1, 0.15) is 5.01 Å². The summed E-state index contributed by atoms with van der Waals surface area (Å²) in [7, 11) is 4.02. The Kier molecular flexibility index (Phi) is 5.00. The van der Waals surface area contributed by atoms with Gasteiger partial charge in [-0.2, -0.15) is 0 Å². The second-order valence-electron chi connectivity index (χ2n) is 6.11. The summed E-state index contributed by atoms with van der Waals surface area (Å²) < 4.78 is 0. The molecule has 0 saturated carbocycles. The Bertz CT molecular complexity index is 921. The molecule has 130 valence electrons. The normalized spacial score (nSPS) is 11.2. The highest BCUT2D eigenvalue weighted by Crippen LogP contribution is 2.19. The maximum absolute atomic E-state index is 12.5. The molecule has 0 bridgehead atoms. The maximum Gasteiger partial charge on any atom is 0.257 e. The van der Waals surface area contributed by atoms with Gasteiger partial charge in [-0.15, -0.1) is 10.2 Å². The molecule has 3 aromatic rings. The van der Waals surface area contributed by atoms with Gasteiger partial charge in [0, 0.05) is 18.5 Å². The summed E-state index contributed by atoms with van der Waals surface area (Å²) in [5.74, 6) is -0.225. The van der Waals surface area contributed by atoms with Crippen LogP contribution in [0.4, 0.5) is 5.13 Å². The van der Waals surface area contributed by atoms with E-state index in [4.69, 9.17) is 0 Å². The van der Waals surface area contributed by atoms with E-state index in [1.807, 2.05) is 34.0 Å². The molecule has 3 rings (SSSR count). The van der Waals surface area contributed by atoms with E-state index in [1.54, 1.807) is 12.1 Å². The molecule has 1 amide bonds. The minimum atomic E-state index is -0.225. The molecule has 2 aromatic heterocycles. The summed E-state index contributed by atoms with van der Waals surface area (Å²) in [5.41, 5.74) is 3.76. The van der Waals surface area contributed by atoms with Crippen LogP contribution in [0.3, 0.4) is 0 Å². The summed E-state index contributed by atoms with van der Waals surface area (Å²) in [4.78, 5) is 23.5. The van der Waals surface area contributed by atoms with Crippen LogP contribution in [0, 0.1) is 13.8 Å². The van der Waals surface area contributed by atoms with Crippen LogP contribution in [0.1, 0.15) is 26.8 Å². The minimum absolute atomic E-state index is 0.225. The second kappa shape index (κ2) is 7.20. The first-order valence-electron chi connectivity index (χ1n) is 7.96. The zero-order valence-corrected chi connectivity index (χ0v) is 15.5. The summed E-state index contributed by atoms with van der Waals surface area (Å²) >= 11 is 1.40. The molecular formula is C17H20N6OS. The summed E-state index contributed by atoms with van der Waals surface area (Å²) in [6.07, 6.45) is 0.810. The molecule has 0 radical (unpaired) electrons. The third kappa shape index (κ3) is 4.15. The minimum Gasteiger partial charge on any atom is -0.309 e. The lowest BCUT2D eigenvalue weighted by Gasteiger charge is -2.06. The van der Waals surface area contributed by atoms with Crippen molar-refractivity contribution in [2.24, 2.45) is 0 Å². The van der Waals surface area contributed by atoms with Gasteiger partial charge >= 0.3 is 0 Å². The fraction of sp³-hybridized carbons (Fsp3) is 0.353. The molecule has 25 heavy (non-hydrogen) atoms. The van der Waals surface area contributed by atoms with Gasteiger partial charge < -0.3 is 4.90 Å². The van der Waals surface area contributed by atoms with Crippen molar-refractivity contribution in [2.75, 3.05) is 26.0 Å². The SMILES string of the molecule is Cc1nc2ccc(C(=O)Nc3nnc(CCN(C)C)s3)cc2nc1C. The molecule has 0 saturated heterocycles. The van der Waals surface area contributed by atoms with Crippen LogP contribution >= 0.6 is 11.3 Å². The van der Waals surface area contributed by atoms with Crippen molar-refractivity contribution < 1.29 is 4.79 Å². The fourth-order valence-electron chi connectivity index (χ4n) is 2.27. The molecule has 0 fully saturated rings. The van der Waals surface area contributed by atoms with Gasteiger partial charge in [0.2, 0.25) is 5.13 Å². The molecule has 0 aliphatic rings. The van der Waals surface area contributed by atoms with E-state index in [9.17, 15) is 4.79 Å². The average molecular weight is 356 g/mol. The van der Waals surface area contributed by atoms with E-state index < -0.39 is 0 Å². The number of carbonyl (C=O) groups is 1. The Labute approximate surface area is 150 Å². The number of aryl methyl sites for hydroxylation is 2. The highest BCUT2D eigenvalue weighted by Gasteiger charge is 2.12. The Morgan fingerprint density at radius 2 is 1.84 bits per heavy atom. The molecule has 8 heteroatoms. The predicted octanol–water partition coefficient (Wildman–Crippen LogP) is 2.45. The van der Waals surface area contributed by atoms with Crippen molar-refractivity contribution in [3.8, 4) is 0 Å². The first kappa shape index (κ1) is 17.4. The van der Waals surface area contributed by atoms with Crippen LogP contribution < -0.4 is 5.32 Å². The van der Waals surface area contributed by atoms with Gasteiger partial charge in [0.15, 0.2) is 0 Å². The van der Waals surface area contributed by atoms with Crippen molar-refractivity contribution in [1.82, 2.24) is 25.1 Å². The predicted molar refractivity (Wildman–Crippen MR) is 99.1 cm³/mol. The number of fused-ring (bicyclic) bond motifs is 1. The van der Waals surface area contributed by atoms with Crippen LogP contribution in [0.25, 0.3) is 11.0 Å². The highest BCUT2D eigenvalue weighted by atomic mass is 32.1. The van der Waals surface area contributed by atoms with Gasteiger partial charge in [0.25, 0.3) is 5.91 Å². The number of hydrogen-bond donors (Lipinski definition) is 1. The van der Waals surface area contributed by atoms with Gasteiger partial charge in [-0.25, -0.2) is 9.97 Å². The van der Waals surface area contributed by atoms with E-state index in [-0.39, 0.29) is 5.91 Å². The molecular weight excluding hydrogens is 336 g/mol. The van der Waals surface area contributed by atoms with Crippen molar-refractivity contribution >= 4 is 33.4 Å². The third-order valence-electron chi connectivity index (χ3n) is 3.80. The molecule has 0 aliphatic carbocycles. The molecule has 0 atom stereocenters. The number of amides is 1. The molecule has 7 nitrogen and oxygen atoms in total. The zero-order valence-electron chi connectivity index (χ0n) is 14.7. The third-order valence-corrected chi connectivity index (χ3v) is 4.70. The van der Waals surface area contributed by atoms with E-state index in [1.165, 1.54) is 11.3 Å². The molecule has 0 spiro atoms. The highest BCUT2D eigenvalue weighted by molar-refractivity contribution is 7.15. The topological polar surface area (TPSA) is 83.9 Å². The molecule has 0 aliphatic heterocycles. The van der Waals surface area contributed by atoms with Crippen LogP contribution in [0.15, 0.2) is 18.2 Å². The van der Waals surface area contributed by atoms with Crippen LogP contribution in [-0.4, -0.2) is 51.6 Å². The Hall–Kier alpha value is -2.45. The average Bonchev–Trinajstić information content (AvgIpc) is 3.01. The molecule has 1 N–H and O–H groups in total. The van der Waals surface area contributed by atoms with E-state index in [2.05, 4.69) is 30.4 Å². The number of carbonyl (C=O) groups excluding carboxylic acids is 1. The monoisotopic (exact) mass is 356 g/mol. The second-order valence-corrected chi connectivity index (χ2v) is 7.17. The Morgan fingerprint density at radius 3 is 2.56 bits per heavy atom. The van der Waals surface area contributed by atoms with Gasteiger partial charge in [-0.1, -0.05) is 11.3 Å². The number of benzene rings is 1. The fourth-order valence-corrected chi connectivity index (χ4v) is 2.99. The summed E-state index contributed by atoms with van der Waals surface area (Å²) in [6, 6.07) is 5.31. The van der Waals surface area contributed by atoms with Crippen molar-refractivity contribution in [2.45, 2.75) is 20.3 Å². The smallest absolute Gasteiger partial charge is 0.257 e. The van der Waals surface area contributed by atoms with Gasteiger partial charge in [0.05, 0.1) is 22.4 Å². The van der Waals surface area contributed by atoms with Crippen molar-refractivity contribution in [1.29, 1.82) is 0 Å². The number of aromatic nitrogens is 4. The maximum atomic E-state index is 12.5. The zero-order chi connectivity index (χ0) is 18.0. The van der Waals surface area contributed by atoms with E-state index in [0.29, 0.717) is 16.2 Å². The van der Waals surface area contributed by atoms with E-state index in [0.717, 1.165) is 34.9 Å². The number of likely N-dealkylation sites (N-methyl/N-ethyl adjacent to an activating group) is 1. The Morgan fingerprint density at radius 1 is 1.12 bits per heavy atom. The standard InChI is InChI=1S/C17H20N6OS/c1-10-11(2)19-14-9-12(5-6-13(14)18-10)16(24)20-17-22-21-15(25-17)7-8-23(3)4/h5-6,9H,7-8H2,1-4H3,(H,20,22,24). The number of rotatable bonds is 5.